The van der Waals surface area contributed by atoms with Crippen molar-refractivity contribution in [2.45, 2.75) is 25.0 Å². The summed E-state index contributed by atoms with van der Waals surface area (Å²) >= 11 is 3.46. The molecular formula is C12H13BrO3. The van der Waals surface area contributed by atoms with E-state index in [1.54, 1.807) is 6.92 Å². The lowest BCUT2D eigenvalue weighted by atomic mass is 9.89. The number of rotatable bonds is 2. The number of esters is 1. The third-order valence-electron chi connectivity index (χ3n) is 3.24. The van der Waals surface area contributed by atoms with Crippen molar-refractivity contribution in [3.63, 3.8) is 0 Å². The van der Waals surface area contributed by atoms with Crippen LogP contribution >= 0.6 is 15.9 Å². The first-order chi connectivity index (χ1) is 7.45. The number of epoxide rings is 1. The Bertz CT molecular complexity index is 446. The Hall–Kier alpha value is -0.870. The summed E-state index contributed by atoms with van der Waals surface area (Å²) in [4.78, 5) is 11.6. The SMILES string of the molecule is COC(=O)C1(C)OC1(C)c1ccccc1Br. The Morgan fingerprint density at radius 3 is 2.56 bits per heavy atom. The van der Waals surface area contributed by atoms with E-state index >= 15 is 0 Å². The molecule has 2 atom stereocenters. The molecule has 0 bridgehead atoms. The number of benzene rings is 1. The van der Waals surface area contributed by atoms with Gasteiger partial charge in [-0.25, -0.2) is 4.79 Å². The maximum absolute atomic E-state index is 11.6. The Labute approximate surface area is 103 Å². The standard InChI is InChI=1S/C12H13BrO3/c1-11(8-6-4-5-7-9(8)13)12(2,16-11)10(14)15-3/h4-7H,1-3H3. The van der Waals surface area contributed by atoms with Crippen molar-refractivity contribution < 1.29 is 14.3 Å². The number of carbonyl (C=O) groups excluding carboxylic acids is 1. The molecule has 0 amide bonds. The van der Waals surface area contributed by atoms with Crippen LogP contribution in [-0.2, 0) is 19.9 Å². The van der Waals surface area contributed by atoms with Crippen LogP contribution in [0.2, 0.25) is 0 Å². The van der Waals surface area contributed by atoms with Gasteiger partial charge in [-0.15, -0.1) is 0 Å². The zero-order valence-electron chi connectivity index (χ0n) is 9.41. The molecule has 0 saturated carbocycles. The minimum atomic E-state index is -0.883. The van der Waals surface area contributed by atoms with E-state index in [-0.39, 0.29) is 5.97 Å². The monoisotopic (exact) mass is 284 g/mol. The molecule has 1 aliphatic heterocycles. The topological polar surface area (TPSA) is 38.8 Å². The largest absolute Gasteiger partial charge is 0.467 e. The number of halogens is 1. The summed E-state index contributed by atoms with van der Waals surface area (Å²) in [6.45, 7) is 3.64. The molecule has 4 heteroatoms. The first-order valence-electron chi connectivity index (χ1n) is 4.99. The first-order valence-corrected chi connectivity index (χ1v) is 5.78. The number of hydrogen-bond donors (Lipinski definition) is 0. The highest BCUT2D eigenvalue weighted by atomic mass is 79.9. The molecule has 1 saturated heterocycles. The fraction of sp³-hybridized carbons (Fsp3) is 0.417. The predicted octanol–water partition coefficient (Wildman–Crippen LogP) is 2.63. The van der Waals surface area contributed by atoms with Crippen molar-refractivity contribution in [3.8, 4) is 0 Å². The first kappa shape index (κ1) is 11.6. The molecule has 0 radical (unpaired) electrons. The van der Waals surface area contributed by atoms with E-state index in [4.69, 9.17) is 9.47 Å². The molecule has 1 fully saturated rings. The van der Waals surface area contributed by atoms with Crippen molar-refractivity contribution in [3.05, 3.63) is 34.3 Å². The van der Waals surface area contributed by atoms with Gasteiger partial charge in [0.25, 0.3) is 0 Å². The highest BCUT2D eigenvalue weighted by Gasteiger charge is 2.71. The van der Waals surface area contributed by atoms with Crippen LogP contribution in [0.5, 0.6) is 0 Å². The van der Waals surface area contributed by atoms with Gasteiger partial charge in [0.05, 0.1) is 7.11 Å². The third kappa shape index (κ3) is 1.40. The minimum absolute atomic E-state index is 0.342. The van der Waals surface area contributed by atoms with Crippen molar-refractivity contribution in [2.75, 3.05) is 7.11 Å². The molecular weight excluding hydrogens is 272 g/mol. The molecule has 2 unspecified atom stereocenters. The maximum atomic E-state index is 11.6. The third-order valence-corrected chi connectivity index (χ3v) is 3.93. The Morgan fingerprint density at radius 2 is 2.00 bits per heavy atom. The van der Waals surface area contributed by atoms with E-state index in [1.807, 2.05) is 31.2 Å². The van der Waals surface area contributed by atoms with Crippen LogP contribution in [0.1, 0.15) is 19.4 Å². The fourth-order valence-electron chi connectivity index (χ4n) is 1.97. The lowest BCUT2D eigenvalue weighted by Gasteiger charge is -2.12. The van der Waals surface area contributed by atoms with Crippen molar-refractivity contribution in [1.29, 1.82) is 0 Å². The summed E-state index contributed by atoms with van der Waals surface area (Å²) in [5.41, 5.74) is -0.533. The summed E-state index contributed by atoms with van der Waals surface area (Å²) in [5.74, 6) is -0.342. The average Bonchev–Trinajstić information content (AvgIpc) is 2.83. The van der Waals surface area contributed by atoms with E-state index in [0.29, 0.717) is 0 Å². The smallest absolute Gasteiger partial charge is 0.341 e. The van der Waals surface area contributed by atoms with Gasteiger partial charge in [0.15, 0.2) is 5.60 Å². The van der Waals surface area contributed by atoms with Gasteiger partial charge in [-0.05, 0) is 19.9 Å². The van der Waals surface area contributed by atoms with Crippen LogP contribution in [0, 0.1) is 0 Å². The van der Waals surface area contributed by atoms with E-state index in [0.717, 1.165) is 10.0 Å². The Morgan fingerprint density at radius 1 is 1.38 bits per heavy atom. The van der Waals surface area contributed by atoms with Gasteiger partial charge in [-0.1, -0.05) is 34.1 Å². The molecule has 1 aromatic carbocycles. The lowest BCUT2D eigenvalue weighted by molar-refractivity contribution is -0.146. The van der Waals surface area contributed by atoms with Crippen molar-refractivity contribution >= 4 is 21.9 Å². The van der Waals surface area contributed by atoms with E-state index in [2.05, 4.69) is 15.9 Å². The Kier molecular flexibility index (Phi) is 2.59. The van der Waals surface area contributed by atoms with Crippen LogP contribution in [-0.4, -0.2) is 18.7 Å². The molecule has 1 heterocycles. The van der Waals surface area contributed by atoms with Crippen LogP contribution in [0.25, 0.3) is 0 Å². The lowest BCUT2D eigenvalue weighted by Crippen LogP contribution is -2.29. The van der Waals surface area contributed by atoms with Crippen LogP contribution in [0.15, 0.2) is 28.7 Å². The second-order valence-corrected chi connectivity index (χ2v) is 4.99. The molecule has 0 aliphatic carbocycles. The second kappa shape index (κ2) is 3.57. The minimum Gasteiger partial charge on any atom is -0.467 e. The van der Waals surface area contributed by atoms with Gasteiger partial charge in [0, 0.05) is 10.0 Å². The summed E-state index contributed by atoms with van der Waals surface area (Å²) in [6.07, 6.45) is 0. The predicted molar refractivity (Wildman–Crippen MR) is 63.0 cm³/mol. The van der Waals surface area contributed by atoms with E-state index in [9.17, 15) is 4.79 Å². The van der Waals surface area contributed by atoms with Crippen molar-refractivity contribution in [2.24, 2.45) is 0 Å². The summed E-state index contributed by atoms with van der Waals surface area (Å²) < 4.78 is 11.3. The number of methoxy groups -OCH3 is 1. The van der Waals surface area contributed by atoms with Crippen molar-refractivity contribution in [1.82, 2.24) is 0 Å². The molecule has 16 heavy (non-hydrogen) atoms. The van der Waals surface area contributed by atoms with Gasteiger partial charge in [0.2, 0.25) is 0 Å². The number of ether oxygens (including phenoxy) is 2. The van der Waals surface area contributed by atoms with Gasteiger partial charge in [-0.3, -0.25) is 0 Å². The molecule has 86 valence electrons. The summed E-state index contributed by atoms with van der Waals surface area (Å²) in [6, 6.07) is 7.72. The summed E-state index contributed by atoms with van der Waals surface area (Å²) in [7, 11) is 1.37. The van der Waals surface area contributed by atoms with Crippen LogP contribution in [0.4, 0.5) is 0 Å². The molecule has 0 aromatic heterocycles. The molecule has 0 N–H and O–H groups in total. The molecule has 0 spiro atoms. The van der Waals surface area contributed by atoms with Crippen LogP contribution < -0.4 is 0 Å². The van der Waals surface area contributed by atoms with Gasteiger partial charge >= 0.3 is 5.97 Å². The molecule has 1 aromatic rings. The number of carbonyl (C=O) groups is 1. The molecule has 1 aliphatic rings. The number of hydrogen-bond acceptors (Lipinski definition) is 3. The quantitative estimate of drug-likeness (QED) is 0.619. The maximum Gasteiger partial charge on any atom is 0.341 e. The second-order valence-electron chi connectivity index (χ2n) is 4.14. The normalized spacial score (nSPS) is 32.2. The highest BCUT2D eigenvalue weighted by molar-refractivity contribution is 9.10. The molecule has 2 rings (SSSR count). The van der Waals surface area contributed by atoms with Gasteiger partial charge in [0.1, 0.15) is 5.60 Å². The zero-order chi connectivity index (χ0) is 12.0. The van der Waals surface area contributed by atoms with Gasteiger partial charge in [-0.2, -0.15) is 0 Å². The van der Waals surface area contributed by atoms with E-state index in [1.165, 1.54) is 7.11 Å². The summed E-state index contributed by atoms with van der Waals surface area (Å²) in [5, 5.41) is 0. The molecule has 3 nitrogen and oxygen atoms in total. The Balaban J connectivity index is 2.38. The van der Waals surface area contributed by atoms with Gasteiger partial charge < -0.3 is 9.47 Å². The van der Waals surface area contributed by atoms with Crippen LogP contribution in [0.3, 0.4) is 0 Å². The average molecular weight is 285 g/mol. The van der Waals surface area contributed by atoms with E-state index < -0.39 is 11.2 Å². The zero-order valence-corrected chi connectivity index (χ0v) is 11.0. The highest BCUT2D eigenvalue weighted by Crippen LogP contribution is 2.57. The fourth-order valence-corrected chi connectivity index (χ4v) is 2.64.